The summed E-state index contributed by atoms with van der Waals surface area (Å²) in [6, 6.07) is 0. The molecular weight excluding hydrogens is 234 g/mol. The minimum Gasteiger partial charge on any atom is -0.465 e. The smallest absolute Gasteiger partial charge is 0.319 e. The molecule has 0 saturated heterocycles. The minimum atomic E-state index is -0.225. The Morgan fingerprint density at radius 3 is 2.80 bits per heavy atom. The van der Waals surface area contributed by atoms with Crippen molar-refractivity contribution in [2.45, 2.75) is 29.9 Å². The van der Waals surface area contributed by atoms with Crippen LogP contribution in [0.1, 0.15) is 20.3 Å². The molecule has 0 spiro atoms. The highest BCUT2D eigenvalue weighted by molar-refractivity contribution is 8.02. The lowest BCUT2D eigenvalue weighted by atomic mass is 10.3. The van der Waals surface area contributed by atoms with Crippen LogP contribution in [0.2, 0.25) is 0 Å². The van der Waals surface area contributed by atoms with Gasteiger partial charge in [-0.05, 0) is 13.3 Å². The van der Waals surface area contributed by atoms with E-state index in [1.807, 2.05) is 6.92 Å². The van der Waals surface area contributed by atoms with Crippen LogP contribution in [-0.4, -0.2) is 28.0 Å². The number of ether oxygens (including phenoxy) is 1. The Morgan fingerprint density at radius 1 is 1.60 bits per heavy atom. The zero-order valence-corrected chi connectivity index (χ0v) is 10.2. The van der Waals surface area contributed by atoms with Gasteiger partial charge in [-0.1, -0.05) is 30.0 Å². The number of hydrogen-bond acceptors (Lipinski definition) is 7. The molecule has 15 heavy (non-hydrogen) atoms. The van der Waals surface area contributed by atoms with Crippen LogP contribution in [0.4, 0.5) is 5.13 Å². The van der Waals surface area contributed by atoms with Crippen LogP contribution in [0.15, 0.2) is 4.34 Å². The van der Waals surface area contributed by atoms with E-state index in [1.165, 1.54) is 23.1 Å². The third-order valence-electron chi connectivity index (χ3n) is 1.59. The number of nitrogens with two attached hydrogens (primary N) is 1. The summed E-state index contributed by atoms with van der Waals surface area (Å²) in [4.78, 5) is 11.5. The third kappa shape index (κ3) is 3.67. The van der Waals surface area contributed by atoms with Gasteiger partial charge in [0.25, 0.3) is 0 Å². The fourth-order valence-corrected chi connectivity index (χ4v) is 2.72. The zero-order valence-electron chi connectivity index (χ0n) is 8.60. The summed E-state index contributed by atoms with van der Waals surface area (Å²) in [6.45, 7) is 4.12. The number of anilines is 1. The molecule has 0 aliphatic rings. The molecule has 1 heterocycles. The van der Waals surface area contributed by atoms with E-state index in [2.05, 4.69) is 10.2 Å². The quantitative estimate of drug-likeness (QED) is 0.628. The van der Waals surface area contributed by atoms with Gasteiger partial charge in [-0.2, -0.15) is 0 Å². The number of aromatic nitrogens is 2. The van der Waals surface area contributed by atoms with Crippen molar-refractivity contribution in [3.8, 4) is 0 Å². The highest BCUT2D eigenvalue weighted by atomic mass is 32.2. The first kappa shape index (κ1) is 12.3. The predicted molar refractivity (Wildman–Crippen MR) is 60.9 cm³/mol. The Kier molecular flexibility index (Phi) is 4.83. The number of nitrogens with zero attached hydrogens (tertiary/aromatic N) is 2. The number of carbonyl (C=O) groups excluding carboxylic acids is 1. The molecule has 1 atom stereocenters. The zero-order chi connectivity index (χ0) is 11.3. The first-order valence-corrected chi connectivity index (χ1v) is 6.29. The van der Waals surface area contributed by atoms with Crippen LogP contribution in [0.5, 0.6) is 0 Å². The molecule has 7 heteroatoms. The van der Waals surface area contributed by atoms with Crippen molar-refractivity contribution in [1.82, 2.24) is 10.2 Å². The molecule has 0 aliphatic carbocycles. The molecule has 1 aromatic rings. The summed E-state index contributed by atoms with van der Waals surface area (Å²) in [5, 5.41) is 7.72. The maximum absolute atomic E-state index is 11.5. The Hall–Kier alpha value is -0.820. The average Bonchev–Trinajstić information content (AvgIpc) is 2.61. The molecule has 0 aromatic carbocycles. The van der Waals surface area contributed by atoms with Crippen molar-refractivity contribution in [3.05, 3.63) is 0 Å². The number of nitrogen functional groups attached to an aromatic ring is 1. The Labute approximate surface area is 96.4 Å². The second-order valence-corrected chi connectivity index (χ2v) is 5.13. The van der Waals surface area contributed by atoms with Gasteiger partial charge >= 0.3 is 5.97 Å². The second kappa shape index (κ2) is 5.92. The molecule has 0 bridgehead atoms. The molecule has 84 valence electrons. The van der Waals surface area contributed by atoms with Gasteiger partial charge in [-0.25, -0.2) is 0 Å². The first-order valence-electron chi connectivity index (χ1n) is 4.59. The molecule has 1 rings (SSSR count). The Balaban J connectivity index is 2.57. The highest BCUT2D eigenvalue weighted by Crippen LogP contribution is 2.29. The molecular formula is C8H13N3O2S2. The fourth-order valence-electron chi connectivity index (χ4n) is 0.923. The van der Waals surface area contributed by atoms with Gasteiger partial charge in [-0.15, -0.1) is 10.2 Å². The standard InChI is InChI=1S/C8H13N3O2S2/c1-3-5(6(12)13-4-2)14-8-11-10-7(9)15-8/h5H,3-4H2,1-2H3,(H2,9,10). The number of rotatable bonds is 5. The van der Waals surface area contributed by atoms with Crippen LogP contribution >= 0.6 is 23.1 Å². The Bertz CT molecular complexity index is 329. The van der Waals surface area contributed by atoms with Crippen LogP contribution in [0.25, 0.3) is 0 Å². The highest BCUT2D eigenvalue weighted by Gasteiger charge is 2.20. The van der Waals surface area contributed by atoms with Gasteiger partial charge in [0.05, 0.1) is 6.61 Å². The minimum absolute atomic E-state index is 0.209. The summed E-state index contributed by atoms with van der Waals surface area (Å²) in [6.07, 6.45) is 0.697. The van der Waals surface area contributed by atoms with Gasteiger partial charge in [-0.3, -0.25) is 4.79 Å². The van der Waals surface area contributed by atoms with Crippen molar-refractivity contribution in [3.63, 3.8) is 0 Å². The Morgan fingerprint density at radius 2 is 2.33 bits per heavy atom. The van der Waals surface area contributed by atoms with Crippen molar-refractivity contribution in [1.29, 1.82) is 0 Å². The summed E-state index contributed by atoms with van der Waals surface area (Å²) < 4.78 is 5.64. The van der Waals surface area contributed by atoms with Crippen molar-refractivity contribution >= 4 is 34.2 Å². The fraction of sp³-hybridized carbons (Fsp3) is 0.625. The third-order valence-corrected chi connectivity index (χ3v) is 3.76. The van der Waals surface area contributed by atoms with Gasteiger partial charge in [0.2, 0.25) is 5.13 Å². The lowest BCUT2D eigenvalue weighted by Gasteiger charge is -2.10. The van der Waals surface area contributed by atoms with E-state index in [4.69, 9.17) is 10.5 Å². The molecule has 5 nitrogen and oxygen atoms in total. The lowest BCUT2D eigenvalue weighted by molar-refractivity contribution is -0.142. The number of carbonyl (C=O) groups is 1. The topological polar surface area (TPSA) is 78.1 Å². The number of hydrogen-bond donors (Lipinski definition) is 1. The molecule has 0 aliphatic heterocycles. The van der Waals surface area contributed by atoms with Gasteiger partial charge in [0, 0.05) is 0 Å². The molecule has 1 aromatic heterocycles. The van der Waals surface area contributed by atoms with E-state index in [1.54, 1.807) is 6.92 Å². The molecule has 0 fully saturated rings. The summed E-state index contributed by atoms with van der Waals surface area (Å²) >= 11 is 2.63. The van der Waals surface area contributed by atoms with E-state index in [0.29, 0.717) is 22.5 Å². The number of esters is 1. The van der Waals surface area contributed by atoms with E-state index >= 15 is 0 Å². The van der Waals surface area contributed by atoms with Crippen molar-refractivity contribution in [2.24, 2.45) is 0 Å². The molecule has 1 unspecified atom stereocenters. The molecule has 0 radical (unpaired) electrons. The van der Waals surface area contributed by atoms with Crippen molar-refractivity contribution < 1.29 is 9.53 Å². The van der Waals surface area contributed by atoms with E-state index in [0.717, 1.165) is 0 Å². The van der Waals surface area contributed by atoms with E-state index in [9.17, 15) is 4.79 Å². The normalized spacial score (nSPS) is 12.4. The lowest BCUT2D eigenvalue weighted by Crippen LogP contribution is -2.19. The summed E-state index contributed by atoms with van der Waals surface area (Å²) in [5.74, 6) is -0.209. The SMILES string of the molecule is CCOC(=O)C(CC)Sc1nnc(N)s1. The van der Waals surface area contributed by atoms with E-state index in [-0.39, 0.29) is 11.2 Å². The summed E-state index contributed by atoms with van der Waals surface area (Å²) in [7, 11) is 0. The number of thioether (sulfide) groups is 1. The van der Waals surface area contributed by atoms with Crippen molar-refractivity contribution in [2.75, 3.05) is 12.3 Å². The van der Waals surface area contributed by atoms with Crippen LogP contribution in [-0.2, 0) is 9.53 Å². The molecule has 0 saturated carbocycles. The maximum Gasteiger partial charge on any atom is 0.319 e. The molecule has 2 N–H and O–H groups in total. The second-order valence-electron chi connectivity index (χ2n) is 2.67. The first-order chi connectivity index (χ1) is 7.17. The van der Waals surface area contributed by atoms with Crippen LogP contribution in [0.3, 0.4) is 0 Å². The van der Waals surface area contributed by atoms with Crippen LogP contribution < -0.4 is 5.73 Å². The van der Waals surface area contributed by atoms with Gasteiger partial charge in [0.15, 0.2) is 4.34 Å². The van der Waals surface area contributed by atoms with Gasteiger partial charge in [0.1, 0.15) is 5.25 Å². The summed E-state index contributed by atoms with van der Waals surface area (Å²) in [5.41, 5.74) is 5.45. The largest absolute Gasteiger partial charge is 0.465 e. The maximum atomic E-state index is 11.5. The average molecular weight is 247 g/mol. The predicted octanol–water partition coefficient (Wildman–Crippen LogP) is 1.55. The van der Waals surface area contributed by atoms with Crippen LogP contribution in [0, 0.1) is 0 Å². The van der Waals surface area contributed by atoms with Gasteiger partial charge < -0.3 is 10.5 Å². The molecule has 0 amide bonds. The van der Waals surface area contributed by atoms with E-state index < -0.39 is 0 Å². The monoisotopic (exact) mass is 247 g/mol.